The summed E-state index contributed by atoms with van der Waals surface area (Å²) in [6, 6.07) is 9.86. The van der Waals surface area contributed by atoms with E-state index in [0.717, 1.165) is 0 Å². The quantitative estimate of drug-likeness (QED) is 0.700. The highest BCUT2D eigenvalue weighted by Gasteiger charge is 2.24. The third kappa shape index (κ3) is 5.69. The molecule has 0 aliphatic rings. The summed E-state index contributed by atoms with van der Waals surface area (Å²) in [7, 11) is 1.72. The van der Waals surface area contributed by atoms with Gasteiger partial charge in [0.2, 0.25) is 0 Å². The molecule has 0 saturated heterocycles. The number of benzene rings is 2. The molecular weight excluding hydrogens is 380 g/mol. The molecule has 0 fully saturated rings. The van der Waals surface area contributed by atoms with Crippen LogP contribution in [-0.2, 0) is 9.59 Å². The van der Waals surface area contributed by atoms with Crippen LogP contribution >= 0.6 is 23.2 Å². The number of carbonyl (C=O) groups excluding carboxylic acids is 2. The van der Waals surface area contributed by atoms with Crippen molar-refractivity contribution in [1.82, 2.24) is 0 Å². The second-order valence-electron chi connectivity index (χ2n) is 5.92. The lowest BCUT2D eigenvalue weighted by Gasteiger charge is -2.21. The van der Waals surface area contributed by atoms with Crippen LogP contribution in [0.4, 0.5) is 15.8 Å². The number of nitrogens with one attached hydrogen (secondary N) is 3. The van der Waals surface area contributed by atoms with Crippen LogP contribution < -0.4 is 15.5 Å². The molecule has 0 saturated carbocycles. The molecule has 2 aromatic rings. The third-order valence-electron chi connectivity index (χ3n) is 3.87. The van der Waals surface area contributed by atoms with Gasteiger partial charge in [-0.3, -0.25) is 9.59 Å². The fourth-order valence-electron chi connectivity index (χ4n) is 2.24. The maximum Gasteiger partial charge on any atom is 0.282 e. The maximum atomic E-state index is 13.2. The van der Waals surface area contributed by atoms with E-state index in [-0.39, 0.29) is 18.4 Å². The van der Waals surface area contributed by atoms with Crippen molar-refractivity contribution >= 4 is 46.4 Å². The number of carbonyl (C=O) groups is 2. The second kappa shape index (κ2) is 8.98. The van der Waals surface area contributed by atoms with Crippen molar-refractivity contribution in [2.75, 3.05) is 24.2 Å². The lowest BCUT2D eigenvalue weighted by Crippen LogP contribution is -3.14. The first-order chi connectivity index (χ1) is 12.3. The zero-order valence-corrected chi connectivity index (χ0v) is 15.8. The van der Waals surface area contributed by atoms with Gasteiger partial charge in [0.05, 0.1) is 17.8 Å². The SMILES string of the molecule is C[C@@H](C(=O)Nc1cc(Cl)ccc1Cl)[NH+](C)CC(=O)Nc1cccc(F)c1. The monoisotopic (exact) mass is 398 g/mol. The molecule has 0 spiro atoms. The molecule has 1 unspecified atom stereocenters. The van der Waals surface area contributed by atoms with Crippen molar-refractivity contribution < 1.29 is 18.9 Å². The largest absolute Gasteiger partial charge is 0.321 e. The number of hydrogen-bond acceptors (Lipinski definition) is 2. The number of quaternary nitrogens is 1. The molecule has 3 N–H and O–H groups in total. The van der Waals surface area contributed by atoms with Crippen LogP contribution in [0.15, 0.2) is 42.5 Å². The minimum Gasteiger partial charge on any atom is -0.321 e. The summed E-state index contributed by atoms with van der Waals surface area (Å²) in [5.41, 5.74) is 0.777. The van der Waals surface area contributed by atoms with Crippen molar-refractivity contribution in [1.29, 1.82) is 0 Å². The Balaban J connectivity index is 1.93. The van der Waals surface area contributed by atoms with E-state index in [1.807, 2.05) is 0 Å². The van der Waals surface area contributed by atoms with Gasteiger partial charge in [-0.2, -0.15) is 0 Å². The minimum atomic E-state index is -0.525. The first-order valence-corrected chi connectivity index (χ1v) is 8.65. The molecule has 0 aromatic heterocycles. The fraction of sp³-hybridized carbons (Fsp3) is 0.222. The summed E-state index contributed by atoms with van der Waals surface area (Å²) < 4.78 is 13.2. The van der Waals surface area contributed by atoms with Gasteiger partial charge in [0.25, 0.3) is 11.8 Å². The zero-order chi connectivity index (χ0) is 19.3. The van der Waals surface area contributed by atoms with Crippen LogP contribution in [0.2, 0.25) is 10.0 Å². The van der Waals surface area contributed by atoms with Crippen LogP contribution in [-0.4, -0.2) is 31.4 Å². The van der Waals surface area contributed by atoms with E-state index in [4.69, 9.17) is 23.2 Å². The topological polar surface area (TPSA) is 62.6 Å². The number of hydrogen-bond donors (Lipinski definition) is 3. The van der Waals surface area contributed by atoms with Crippen LogP contribution in [0.3, 0.4) is 0 Å². The lowest BCUT2D eigenvalue weighted by molar-refractivity contribution is -0.885. The summed E-state index contributed by atoms with van der Waals surface area (Å²) >= 11 is 11.9. The van der Waals surface area contributed by atoms with Gasteiger partial charge in [0.15, 0.2) is 12.6 Å². The van der Waals surface area contributed by atoms with Crippen LogP contribution in [0.1, 0.15) is 6.92 Å². The Kier molecular flexibility index (Phi) is 6.97. The van der Waals surface area contributed by atoms with Crippen LogP contribution in [0.25, 0.3) is 0 Å². The van der Waals surface area contributed by atoms with Gasteiger partial charge < -0.3 is 15.5 Å². The molecule has 8 heteroatoms. The molecule has 0 bridgehead atoms. The maximum absolute atomic E-state index is 13.2. The van der Waals surface area contributed by atoms with E-state index in [9.17, 15) is 14.0 Å². The standard InChI is InChI=1S/C18H18Cl2FN3O2/c1-11(18(26)23-16-8-12(19)6-7-15(16)20)24(2)10-17(25)22-14-5-3-4-13(21)9-14/h3-9,11H,10H2,1-2H3,(H,22,25)(H,23,26)/p+1/t11-/m0/s1. The molecule has 2 amide bonds. The Morgan fingerprint density at radius 2 is 1.88 bits per heavy atom. The first kappa shape index (κ1) is 20.2. The van der Waals surface area contributed by atoms with E-state index < -0.39 is 11.9 Å². The van der Waals surface area contributed by atoms with Crippen LogP contribution in [0, 0.1) is 5.82 Å². The lowest BCUT2D eigenvalue weighted by atomic mass is 10.2. The smallest absolute Gasteiger partial charge is 0.282 e. The summed E-state index contributed by atoms with van der Waals surface area (Å²) in [4.78, 5) is 25.1. The highest BCUT2D eigenvalue weighted by Crippen LogP contribution is 2.25. The first-order valence-electron chi connectivity index (χ1n) is 7.90. The molecule has 0 aliphatic carbocycles. The van der Waals surface area contributed by atoms with E-state index in [0.29, 0.717) is 26.3 Å². The van der Waals surface area contributed by atoms with Gasteiger partial charge in [-0.25, -0.2) is 4.39 Å². The molecule has 0 heterocycles. The summed E-state index contributed by atoms with van der Waals surface area (Å²) in [6.07, 6.45) is 0. The molecule has 5 nitrogen and oxygen atoms in total. The number of amides is 2. The van der Waals surface area contributed by atoms with E-state index in [1.54, 1.807) is 38.2 Å². The van der Waals surface area contributed by atoms with Gasteiger partial charge in [-0.1, -0.05) is 29.3 Å². The van der Waals surface area contributed by atoms with Gasteiger partial charge in [0.1, 0.15) is 5.82 Å². The Labute approximate surface area is 161 Å². The molecule has 138 valence electrons. The molecular formula is C18H19Cl2FN3O2+. The molecule has 0 radical (unpaired) electrons. The van der Waals surface area contributed by atoms with E-state index in [1.165, 1.54) is 18.2 Å². The molecule has 0 aliphatic heterocycles. The second-order valence-corrected chi connectivity index (χ2v) is 6.76. The number of halogens is 3. The highest BCUT2D eigenvalue weighted by atomic mass is 35.5. The molecule has 2 aromatic carbocycles. The molecule has 2 rings (SSSR count). The van der Waals surface area contributed by atoms with Crippen molar-refractivity contribution in [2.45, 2.75) is 13.0 Å². The van der Waals surface area contributed by atoms with Crippen molar-refractivity contribution in [3.05, 3.63) is 58.3 Å². The summed E-state index contributed by atoms with van der Waals surface area (Å²) in [6.45, 7) is 1.73. The Morgan fingerprint density at radius 1 is 1.15 bits per heavy atom. The fourth-order valence-corrected chi connectivity index (χ4v) is 2.57. The van der Waals surface area contributed by atoms with Crippen molar-refractivity contribution in [2.24, 2.45) is 0 Å². The normalized spacial score (nSPS) is 13.0. The Hall–Kier alpha value is -2.15. The Bertz CT molecular complexity index is 817. The minimum absolute atomic E-state index is 0.0361. The average molecular weight is 399 g/mol. The third-order valence-corrected chi connectivity index (χ3v) is 4.43. The van der Waals surface area contributed by atoms with Crippen molar-refractivity contribution in [3.8, 4) is 0 Å². The van der Waals surface area contributed by atoms with Gasteiger partial charge in [-0.05, 0) is 43.3 Å². The van der Waals surface area contributed by atoms with Gasteiger partial charge in [-0.15, -0.1) is 0 Å². The van der Waals surface area contributed by atoms with E-state index in [2.05, 4.69) is 10.6 Å². The Morgan fingerprint density at radius 3 is 2.58 bits per heavy atom. The number of rotatable bonds is 6. The average Bonchev–Trinajstić information content (AvgIpc) is 2.57. The molecule has 26 heavy (non-hydrogen) atoms. The number of anilines is 2. The summed E-state index contributed by atoms with van der Waals surface area (Å²) in [5, 5.41) is 6.13. The molecule has 2 atom stereocenters. The van der Waals surface area contributed by atoms with Crippen molar-refractivity contribution in [3.63, 3.8) is 0 Å². The number of likely N-dealkylation sites (N-methyl/N-ethyl adjacent to an activating group) is 1. The predicted octanol–water partition coefficient (Wildman–Crippen LogP) is 2.61. The van der Waals surface area contributed by atoms with Gasteiger partial charge in [0, 0.05) is 10.7 Å². The summed E-state index contributed by atoms with van der Waals surface area (Å²) in [5.74, 6) is -1.06. The van der Waals surface area contributed by atoms with E-state index >= 15 is 0 Å². The van der Waals surface area contributed by atoms with Crippen LogP contribution in [0.5, 0.6) is 0 Å². The highest BCUT2D eigenvalue weighted by molar-refractivity contribution is 6.35. The zero-order valence-electron chi connectivity index (χ0n) is 14.3. The predicted molar refractivity (Wildman–Crippen MR) is 101 cm³/mol. The van der Waals surface area contributed by atoms with Gasteiger partial charge >= 0.3 is 0 Å².